The number of amides is 4. The molecule has 2 aliphatic heterocycles. The average Bonchev–Trinajstić information content (AvgIpc) is 2.98. The van der Waals surface area contributed by atoms with Gasteiger partial charge in [-0.2, -0.15) is 0 Å². The summed E-state index contributed by atoms with van der Waals surface area (Å²) in [5.41, 5.74) is 2.30. The van der Waals surface area contributed by atoms with E-state index >= 15 is 0 Å². The van der Waals surface area contributed by atoms with Crippen LogP contribution in [0.1, 0.15) is 67.9 Å². The SMILES string of the molecule is CC(C)(C)[C@H]1C[C@@H](NC(=O)OCc2ccc3c(c2)C(=O)N(C2CCC(=O)NC2=O)C3)C1. The number of nitrogens with one attached hydrogen (secondary N) is 2. The fourth-order valence-electron chi connectivity index (χ4n) is 4.49. The van der Waals surface area contributed by atoms with Crippen LogP contribution in [-0.4, -0.2) is 40.8 Å². The third-order valence-corrected chi connectivity index (χ3v) is 6.65. The maximum atomic E-state index is 12.9. The van der Waals surface area contributed by atoms with E-state index in [1.165, 1.54) is 4.90 Å². The Morgan fingerprint density at radius 1 is 1.23 bits per heavy atom. The maximum absolute atomic E-state index is 12.9. The third kappa shape index (κ3) is 4.43. The highest BCUT2D eigenvalue weighted by molar-refractivity contribution is 6.05. The lowest BCUT2D eigenvalue weighted by Crippen LogP contribution is -2.52. The molecule has 1 saturated heterocycles. The number of carbonyl (C=O) groups excluding carboxylic acids is 4. The fraction of sp³-hybridized carbons (Fsp3) is 0.565. The number of benzene rings is 1. The van der Waals surface area contributed by atoms with Gasteiger partial charge in [0, 0.05) is 24.6 Å². The van der Waals surface area contributed by atoms with Gasteiger partial charge in [0.2, 0.25) is 11.8 Å². The average molecular weight is 428 g/mol. The number of imide groups is 1. The quantitative estimate of drug-likeness (QED) is 0.719. The first kappa shape index (κ1) is 21.3. The number of hydrogen-bond acceptors (Lipinski definition) is 5. The van der Waals surface area contributed by atoms with Crippen LogP contribution in [0.5, 0.6) is 0 Å². The fourth-order valence-corrected chi connectivity index (χ4v) is 4.49. The molecule has 1 saturated carbocycles. The molecule has 1 aliphatic carbocycles. The van der Waals surface area contributed by atoms with Gasteiger partial charge in [0.15, 0.2) is 0 Å². The molecule has 31 heavy (non-hydrogen) atoms. The second kappa shape index (κ2) is 7.98. The highest BCUT2D eigenvalue weighted by Gasteiger charge is 2.39. The van der Waals surface area contributed by atoms with E-state index in [2.05, 4.69) is 31.4 Å². The van der Waals surface area contributed by atoms with Gasteiger partial charge in [0.05, 0.1) is 0 Å². The van der Waals surface area contributed by atoms with Gasteiger partial charge >= 0.3 is 6.09 Å². The van der Waals surface area contributed by atoms with E-state index in [4.69, 9.17) is 4.74 Å². The summed E-state index contributed by atoms with van der Waals surface area (Å²) in [6, 6.07) is 4.89. The number of piperidine rings is 1. The Labute approximate surface area is 181 Å². The van der Waals surface area contributed by atoms with Crippen molar-refractivity contribution in [3.63, 3.8) is 0 Å². The topological polar surface area (TPSA) is 105 Å². The zero-order valence-electron chi connectivity index (χ0n) is 18.2. The van der Waals surface area contributed by atoms with Crippen molar-refractivity contribution in [1.29, 1.82) is 0 Å². The normalized spacial score (nSPS) is 25.6. The van der Waals surface area contributed by atoms with Crippen molar-refractivity contribution in [2.45, 2.75) is 71.7 Å². The Hall–Kier alpha value is -2.90. The van der Waals surface area contributed by atoms with E-state index in [9.17, 15) is 19.2 Å². The highest BCUT2D eigenvalue weighted by atomic mass is 16.5. The maximum Gasteiger partial charge on any atom is 0.407 e. The van der Waals surface area contributed by atoms with E-state index in [0.29, 0.717) is 30.0 Å². The second-order valence-corrected chi connectivity index (χ2v) is 9.84. The molecular formula is C23H29N3O5. The number of ether oxygens (including phenoxy) is 1. The van der Waals surface area contributed by atoms with Gasteiger partial charge in [-0.25, -0.2) is 4.79 Å². The van der Waals surface area contributed by atoms with Crippen LogP contribution in [0.4, 0.5) is 4.79 Å². The standard InChI is InChI=1S/C23H29N3O5/c1-23(2,3)15-9-16(10-15)24-22(30)31-12-13-4-5-14-11-26(21(29)17(14)8-13)18-6-7-19(27)25-20(18)28/h4-5,8,15-16,18H,6-7,9-12H2,1-3H3,(H,24,30)(H,25,27,28)/t15-,16+,18?. The van der Waals surface area contributed by atoms with Crippen LogP contribution < -0.4 is 10.6 Å². The number of fused-ring (bicyclic) bond motifs is 1. The van der Waals surface area contributed by atoms with Crippen molar-refractivity contribution in [2.24, 2.45) is 11.3 Å². The van der Waals surface area contributed by atoms with Gasteiger partial charge in [0.1, 0.15) is 12.6 Å². The molecule has 2 heterocycles. The van der Waals surface area contributed by atoms with Crippen molar-refractivity contribution < 1.29 is 23.9 Å². The van der Waals surface area contributed by atoms with E-state index in [1.807, 2.05) is 12.1 Å². The molecule has 1 aromatic rings. The molecule has 4 rings (SSSR count). The van der Waals surface area contributed by atoms with Crippen LogP contribution in [0.15, 0.2) is 18.2 Å². The molecule has 0 spiro atoms. The summed E-state index contributed by atoms with van der Waals surface area (Å²) in [6.07, 6.45) is 2.03. The van der Waals surface area contributed by atoms with Crippen molar-refractivity contribution in [3.05, 3.63) is 34.9 Å². The summed E-state index contributed by atoms with van der Waals surface area (Å²) < 4.78 is 5.35. The van der Waals surface area contributed by atoms with Crippen LogP contribution in [-0.2, 0) is 27.5 Å². The summed E-state index contributed by atoms with van der Waals surface area (Å²) in [6.45, 7) is 7.03. The summed E-state index contributed by atoms with van der Waals surface area (Å²) in [7, 11) is 0. The molecule has 0 radical (unpaired) electrons. The number of carbonyl (C=O) groups is 4. The van der Waals surface area contributed by atoms with Crippen molar-refractivity contribution in [1.82, 2.24) is 15.5 Å². The summed E-state index contributed by atoms with van der Waals surface area (Å²) in [5.74, 6) is -0.368. The summed E-state index contributed by atoms with van der Waals surface area (Å²) >= 11 is 0. The molecule has 166 valence electrons. The van der Waals surface area contributed by atoms with Crippen molar-refractivity contribution >= 4 is 23.8 Å². The van der Waals surface area contributed by atoms with Gasteiger partial charge < -0.3 is 15.0 Å². The molecule has 0 bridgehead atoms. The largest absolute Gasteiger partial charge is 0.445 e. The van der Waals surface area contributed by atoms with E-state index in [0.717, 1.165) is 18.4 Å². The first-order valence-corrected chi connectivity index (χ1v) is 10.8. The molecule has 4 amide bonds. The Bertz CT molecular complexity index is 930. The monoisotopic (exact) mass is 427 g/mol. The molecule has 8 nitrogen and oxygen atoms in total. The first-order chi connectivity index (χ1) is 14.6. The number of hydrogen-bond donors (Lipinski definition) is 2. The second-order valence-electron chi connectivity index (χ2n) is 9.84. The van der Waals surface area contributed by atoms with E-state index < -0.39 is 18.0 Å². The molecule has 3 aliphatic rings. The lowest BCUT2D eigenvalue weighted by molar-refractivity contribution is -0.136. The van der Waals surface area contributed by atoms with Gasteiger partial charge in [-0.1, -0.05) is 32.9 Å². The van der Waals surface area contributed by atoms with Crippen molar-refractivity contribution in [3.8, 4) is 0 Å². The molecule has 0 aromatic heterocycles. The van der Waals surface area contributed by atoms with Crippen molar-refractivity contribution in [2.75, 3.05) is 0 Å². The predicted octanol–water partition coefficient (Wildman–Crippen LogP) is 2.50. The Balaban J connectivity index is 1.31. The molecular weight excluding hydrogens is 398 g/mol. The lowest BCUT2D eigenvalue weighted by atomic mass is 9.66. The minimum absolute atomic E-state index is 0.0697. The van der Waals surface area contributed by atoms with E-state index in [-0.39, 0.29) is 36.3 Å². The molecule has 2 fully saturated rings. The van der Waals surface area contributed by atoms with Gasteiger partial charge in [-0.3, -0.25) is 19.7 Å². The van der Waals surface area contributed by atoms with Crippen LogP contribution in [0, 0.1) is 11.3 Å². The first-order valence-electron chi connectivity index (χ1n) is 10.8. The highest BCUT2D eigenvalue weighted by Crippen LogP contribution is 2.41. The summed E-state index contributed by atoms with van der Waals surface area (Å²) in [5, 5.41) is 5.20. The predicted molar refractivity (Wildman–Crippen MR) is 112 cm³/mol. The van der Waals surface area contributed by atoms with Gasteiger partial charge in [-0.05, 0) is 47.8 Å². The van der Waals surface area contributed by atoms with Crippen LogP contribution in [0.3, 0.4) is 0 Å². The molecule has 8 heteroatoms. The minimum Gasteiger partial charge on any atom is -0.445 e. The van der Waals surface area contributed by atoms with Gasteiger partial charge in [-0.15, -0.1) is 0 Å². The lowest BCUT2D eigenvalue weighted by Gasteiger charge is -2.43. The smallest absolute Gasteiger partial charge is 0.407 e. The minimum atomic E-state index is -0.637. The molecule has 1 atom stereocenters. The zero-order chi connectivity index (χ0) is 22.3. The Kier molecular flexibility index (Phi) is 5.49. The van der Waals surface area contributed by atoms with Crippen LogP contribution in [0.2, 0.25) is 0 Å². The van der Waals surface area contributed by atoms with Crippen LogP contribution >= 0.6 is 0 Å². The van der Waals surface area contributed by atoms with E-state index in [1.54, 1.807) is 6.07 Å². The molecule has 2 N–H and O–H groups in total. The number of nitrogens with zero attached hydrogens (tertiary/aromatic N) is 1. The zero-order valence-corrected chi connectivity index (χ0v) is 18.2. The molecule has 1 unspecified atom stereocenters. The number of rotatable bonds is 4. The number of alkyl carbamates (subject to hydrolysis) is 1. The summed E-state index contributed by atoms with van der Waals surface area (Å²) in [4.78, 5) is 50.0. The Morgan fingerprint density at radius 3 is 2.65 bits per heavy atom. The van der Waals surface area contributed by atoms with Crippen LogP contribution in [0.25, 0.3) is 0 Å². The Morgan fingerprint density at radius 2 is 1.97 bits per heavy atom. The van der Waals surface area contributed by atoms with Gasteiger partial charge in [0.25, 0.3) is 5.91 Å². The molecule has 1 aromatic carbocycles. The third-order valence-electron chi connectivity index (χ3n) is 6.65.